The van der Waals surface area contributed by atoms with Crippen molar-refractivity contribution in [3.8, 4) is 0 Å². The van der Waals surface area contributed by atoms with Crippen LogP contribution in [0.2, 0.25) is 5.02 Å². The minimum atomic E-state index is -4.28. The van der Waals surface area contributed by atoms with Gasteiger partial charge in [-0.05, 0) is 69.7 Å². The van der Waals surface area contributed by atoms with Crippen LogP contribution in [0.3, 0.4) is 0 Å². The lowest BCUT2D eigenvalue weighted by Gasteiger charge is -2.35. The van der Waals surface area contributed by atoms with Crippen LogP contribution in [0.15, 0.2) is 108 Å². The fourth-order valence-corrected chi connectivity index (χ4v) is 6.40. The fourth-order valence-electron chi connectivity index (χ4n) is 4.81. The molecule has 10 heteroatoms. The SMILES string of the molecule is Cc1ccc(S(=O)(=O)N(CC(=O)N(Cc2ccccc2F)[C@@H](Cc2ccccc2)C(=O)NC(C)(C)C)c2cccc(Cl)c2)cc1. The summed E-state index contributed by atoms with van der Waals surface area (Å²) in [6, 6.07) is 26.5. The second-order valence-corrected chi connectivity index (χ2v) is 14.2. The van der Waals surface area contributed by atoms with Crippen LogP contribution in [0, 0.1) is 12.7 Å². The minimum Gasteiger partial charge on any atom is -0.350 e. The number of carbonyl (C=O) groups is 2. The molecule has 0 radical (unpaired) electrons. The molecule has 0 saturated heterocycles. The molecule has 45 heavy (non-hydrogen) atoms. The van der Waals surface area contributed by atoms with Gasteiger partial charge in [-0.2, -0.15) is 0 Å². The van der Waals surface area contributed by atoms with E-state index in [1.165, 1.54) is 41.3 Å². The number of hydrogen-bond donors (Lipinski definition) is 1. The predicted octanol–water partition coefficient (Wildman–Crippen LogP) is 6.54. The summed E-state index contributed by atoms with van der Waals surface area (Å²) in [7, 11) is -4.28. The zero-order valence-corrected chi connectivity index (χ0v) is 27.3. The smallest absolute Gasteiger partial charge is 0.264 e. The Labute approximate surface area is 269 Å². The van der Waals surface area contributed by atoms with Crippen LogP contribution in [0.1, 0.15) is 37.5 Å². The fraction of sp³-hybridized carbons (Fsp3) is 0.257. The Hall–Kier alpha value is -4.21. The maximum absolute atomic E-state index is 15.0. The molecule has 0 saturated carbocycles. The second kappa shape index (κ2) is 14.3. The van der Waals surface area contributed by atoms with Crippen LogP contribution in [0.5, 0.6) is 0 Å². The first kappa shape index (κ1) is 33.7. The van der Waals surface area contributed by atoms with Gasteiger partial charge in [0.15, 0.2) is 0 Å². The molecule has 0 aliphatic carbocycles. The lowest BCUT2D eigenvalue weighted by atomic mass is 10.0. The number of anilines is 1. The summed E-state index contributed by atoms with van der Waals surface area (Å²) in [5, 5.41) is 3.23. The number of benzene rings is 4. The average Bonchev–Trinajstić information content (AvgIpc) is 2.98. The molecule has 0 spiro atoms. The first-order valence-corrected chi connectivity index (χ1v) is 16.3. The molecule has 0 aliphatic rings. The highest BCUT2D eigenvalue weighted by Crippen LogP contribution is 2.27. The summed E-state index contributed by atoms with van der Waals surface area (Å²) >= 11 is 6.26. The lowest BCUT2D eigenvalue weighted by molar-refractivity contribution is -0.140. The number of aryl methyl sites for hydroxylation is 1. The molecule has 0 heterocycles. The summed E-state index contributed by atoms with van der Waals surface area (Å²) in [5.74, 6) is -1.70. The Morgan fingerprint density at radius 1 is 0.889 bits per heavy atom. The quantitative estimate of drug-likeness (QED) is 0.200. The number of carbonyl (C=O) groups excluding carboxylic acids is 2. The number of nitrogens with one attached hydrogen (secondary N) is 1. The molecule has 0 fully saturated rings. The van der Waals surface area contributed by atoms with Crippen molar-refractivity contribution in [2.75, 3.05) is 10.8 Å². The Bertz CT molecular complexity index is 1740. The molecule has 4 rings (SSSR count). The van der Waals surface area contributed by atoms with Gasteiger partial charge in [-0.15, -0.1) is 0 Å². The van der Waals surface area contributed by atoms with Crippen LogP contribution in [0.25, 0.3) is 0 Å². The van der Waals surface area contributed by atoms with E-state index in [4.69, 9.17) is 11.6 Å². The van der Waals surface area contributed by atoms with Gasteiger partial charge in [-0.25, -0.2) is 12.8 Å². The number of hydrogen-bond acceptors (Lipinski definition) is 4. The highest BCUT2D eigenvalue weighted by Gasteiger charge is 2.36. The van der Waals surface area contributed by atoms with Gasteiger partial charge >= 0.3 is 0 Å². The summed E-state index contributed by atoms with van der Waals surface area (Å²) < 4.78 is 44.2. The molecular weight excluding hydrogens is 613 g/mol. The molecule has 0 aliphatic heterocycles. The highest BCUT2D eigenvalue weighted by molar-refractivity contribution is 7.92. The van der Waals surface area contributed by atoms with E-state index in [1.807, 2.05) is 58.0 Å². The van der Waals surface area contributed by atoms with Gasteiger partial charge in [0.1, 0.15) is 18.4 Å². The third-order valence-electron chi connectivity index (χ3n) is 7.05. The van der Waals surface area contributed by atoms with Crippen molar-refractivity contribution in [3.05, 3.63) is 131 Å². The predicted molar refractivity (Wildman–Crippen MR) is 176 cm³/mol. The molecule has 236 valence electrons. The highest BCUT2D eigenvalue weighted by atomic mass is 35.5. The normalized spacial score (nSPS) is 12.3. The van der Waals surface area contributed by atoms with Crippen molar-refractivity contribution in [1.82, 2.24) is 10.2 Å². The third kappa shape index (κ3) is 8.93. The van der Waals surface area contributed by atoms with E-state index in [1.54, 1.807) is 36.4 Å². The zero-order valence-electron chi connectivity index (χ0n) is 25.7. The second-order valence-electron chi connectivity index (χ2n) is 11.9. The van der Waals surface area contributed by atoms with E-state index < -0.39 is 45.8 Å². The van der Waals surface area contributed by atoms with Gasteiger partial charge in [0, 0.05) is 29.1 Å². The molecule has 1 N–H and O–H groups in total. The maximum atomic E-state index is 15.0. The minimum absolute atomic E-state index is 0.0205. The molecule has 4 aromatic rings. The zero-order chi connectivity index (χ0) is 32.8. The Morgan fingerprint density at radius 3 is 2.16 bits per heavy atom. The number of nitrogens with zero attached hydrogens (tertiary/aromatic N) is 2. The molecule has 7 nitrogen and oxygen atoms in total. The van der Waals surface area contributed by atoms with Gasteiger partial charge in [0.25, 0.3) is 10.0 Å². The van der Waals surface area contributed by atoms with Crippen molar-refractivity contribution in [1.29, 1.82) is 0 Å². The van der Waals surface area contributed by atoms with Crippen molar-refractivity contribution >= 4 is 39.1 Å². The van der Waals surface area contributed by atoms with E-state index >= 15 is 4.39 Å². The van der Waals surface area contributed by atoms with Crippen LogP contribution in [0.4, 0.5) is 10.1 Å². The van der Waals surface area contributed by atoms with Crippen molar-refractivity contribution in [3.63, 3.8) is 0 Å². The molecule has 0 unspecified atom stereocenters. The Balaban J connectivity index is 1.83. The Morgan fingerprint density at radius 2 is 1.53 bits per heavy atom. The first-order chi connectivity index (χ1) is 21.2. The molecule has 0 bridgehead atoms. The third-order valence-corrected chi connectivity index (χ3v) is 9.08. The van der Waals surface area contributed by atoms with Gasteiger partial charge in [-0.1, -0.05) is 83.9 Å². The summed E-state index contributed by atoms with van der Waals surface area (Å²) in [4.78, 5) is 29.6. The van der Waals surface area contributed by atoms with Crippen molar-refractivity contribution in [2.45, 2.75) is 57.1 Å². The number of rotatable bonds is 11. The van der Waals surface area contributed by atoms with Crippen LogP contribution >= 0.6 is 11.6 Å². The Kier molecular flexibility index (Phi) is 10.7. The summed E-state index contributed by atoms with van der Waals surface area (Å²) in [5.41, 5.74) is 1.35. The van der Waals surface area contributed by atoms with E-state index in [0.29, 0.717) is 0 Å². The van der Waals surface area contributed by atoms with Crippen LogP contribution < -0.4 is 9.62 Å². The first-order valence-electron chi connectivity index (χ1n) is 14.5. The van der Waals surface area contributed by atoms with Gasteiger partial charge in [0.05, 0.1) is 10.6 Å². The molecule has 0 aromatic heterocycles. The standard InChI is InChI=1S/C35H37ClFN3O4S/c1-25-17-19-30(20-18-25)45(43,44)40(29-15-10-14-28(36)22-29)24-33(41)39(23-27-13-8-9-16-31(27)37)32(34(42)38-35(2,3)4)21-26-11-6-5-7-12-26/h5-20,22,32H,21,23-24H2,1-4H3,(H,38,42)/t32-/m0/s1. The van der Waals surface area contributed by atoms with E-state index in [9.17, 15) is 18.0 Å². The molecular formula is C35H37ClFN3O4S. The molecule has 4 aromatic carbocycles. The van der Waals surface area contributed by atoms with E-state index in [0.717, 1.165) is 15.4 Å². The largest absolute Gasteiger partial charge is 0.350 e. The van der Waals surface area contributed by atoms with Crippen molar-refractivity contribution in [2.24, 2.45) is 0 Å². The van der Waals surface area contributed by atoms with Gasteiger partial charge in [0.2, 0.25) is 11.8 Å². The van der Waals surface area contributed by atoms with Crippen molar-refractivity contribution < 1.29 is 22.4 Å². The van der Waals surface area contributed by atoms with E-state index in [-0.39, 0.29) is 34.1 Å². The van der Waals surface area contributed by atoms with Gasteiger partial charge < -0.3 is 10.2 Å². The van der Waals surface area contributed by atoms with Crippen LogP contribution in [-0.2, 0) is 32.6 Å². The molecule has 2 amide bonds. The topological polar surface area (TPSA) is 86.8 Å². The summed E-state index contributed by atoms with van der Waals surface area (Å²) in [6.45, 7) is 6.37. The monoisotopic (exact) mass is 649 g/mol. The average molecular weight is 650 g/mol. The number of sulfonamides is 1. The molecule has 1 atom stereocenters. The summed E-state index contributed by atoms with van der Waals surface area (Å²) in [6.07, 6.45) is 0.116. The van der Waals surface area contributed by atoms with Gasteiger partial charge in [-0.3, -0.25) is 13.9 Å². The maximum Gasteiger partial charge on any atom is 0.264 e. The van der Waals surface area contributed by atoms with Crippen LogP contribution in [-0.4, -0.2) is 43.3 Å². The number of amides is 2. The number of halogens is 2. The lowest BCUT2D eigenvalue weighted by Crippen LogP contribution is -2.56. The van der Waals surface area contributed by atoms with E-state index in [2.05, 4.69) is 5.32 Å².